The van der Waals surface area contributed by atoms with Gasteiger partial charge in [-0.15, -0.1) is 5.10 Å². The van der Waals surface area contributed by atoms with Crippen LogP contribution in [0.25, 0.3) is 11.4 Å². The standard InChI is InChI=1S/C17H15ClN4O3S/c1-10(11-4-3-5-13(8-11)22(23)24)26-17-19-16(20-21-17)14-9-12(18)6-7-15(14)25-2/h3-10H,1-2H3,(H,19,20,21)/t10-/m0/s1. The van der Waals surface area contributed by atoms with Crippen molar-refractivity contribution in [3.63, 3.8) is 0 Å². The molecule has 0 aliphatic carbocycles. The highest BCUT2D eigenvalue weighted by molar-refractivity contribution is 7.99. The molecule has 0 aliphatic rings. The van der Waals surface area contributed by atoms with Gasteiger partial charge in [0.25, 0.3) is 5.69 Å². The number of thioether (sulfide) groups is 1. The van der Waals surface area contributed by atoms with Gasteiger partial charge in [-0.1, -0.05) is 35.5 Å². The summed E-state index contributed by atoms with van der Waals surface area (Å²) < 4.78 is 5.33. The van der Waals surface area contributed by atoms with Crippen LogP contribution in [0.15, 0.2) is 47.6 Å². The third-order valence-corrected chi connectivity index (χ3v) is 4.97. The average molecular weight is 391 g/mol. The van der Waals surface area contributed by atoms with Gasteiger partial charge in [-0.25, -0.2) is 4.98 Å². The molecular weight excluding hydrogens is 376 g/mol. The number of hydrogen-bond donors (Lipinski definition) is 1. The SMILES string of the molecule is COc1ccc(Cl)cc1-c1nc(S[C@@H](C)c2cccc([N+](=O)[O-])c2)n[nH]1. The van der Waals surface area contributed by atoms with Crippen LogP contribution in [0.1, 0.15) is 17.7 Å². The number of benzene rings is 2. The van der Waals surface area contributed by atoms with Gasteiger partial charge in [0.2, 0.25) is 5.16 Å². The first-order valence-electron chi connectivity index (χ1n) is 7.65. The van der Waals surface area contributed by atoms with Gasteiger partial charge < -0.3 is 4.74 Å². The first kappa shape index (κ1) is 18.2. The number of ether oxygens (including phenoxy) is 1. The number of halogens is 1. The Bertz CT molecular complexity index is 947. The molecule has 0 saturated heterocycles. The average Bonchev–Trinajstić information content (AvgIpc) is 3.10. The summed E-state index contributed by atoms with van der Waals surface area (Å²) in [6, 6.07) is 11.8. The second-order valence-electron chi connectivity index (χ2n) is 5.42. The van der Waals surface area contributed by atoms with Crippen LogP contribution in [0.4, 0.5) is 5.69 Å². The van der Waals surface area contributed by atoms with Crippen LogP contribution in [0, 0.1) is 10.1 Å². The number of methoxy groups -OCH3 is 1. The van der Waals surface area contributed by atoms with Crippen LogP contribution in [-0.2, 0) is 0 Å². The monoisotopic (exact) mass is 390 g/mol. The minimum Gasteiger partial charge on any atom is -0.496 e. The number of H-pyrrole nitrogens is 1. The van der Waals surface area contributed by atoms with Gasteiger partial charge in [0.15, 0.2) is 5.82 Å². The second-order valence-corrected chi connectivity index (χ2v) is 7.17. The minimum absolute atomic E-state index is 0.0557. The fourth-order valence-electron chi connectivity index (χ4n) is 2.40. The Kier molecular flexibility index (Phi) is 5.43. The van der Waals surface area contributed by atoms with Crippen molar-refractivity contribution >= 4 is 29.1 Å². The summed E-state index contributed by atoms with van der Waals surface area (Å²) in [5.41, 5.74) is 1.60. The van der Waals surface area contributed by atoms with Crippen LogP contribution in [0.3, 0.4) is 0 Å². The highest BCUT2D eigenvalue weighted by atomic mass is 35.5. The van der Waals surface area contributed by atoms with E-state index in [1.165, 1.54) is 17.8 Å². The number of nitro groups is 1. The first-order chi connectivity index (χ1) is 12.5. The highest BCUT2D eigenvalue weighted by Crippen LogP contribution is 2.36. The third-order valence-electron chi connectivity index (χ3n) is 3.71. The lowest BCUT2D eigenvalue weighted by atomic mass is 10.1. The number of nitrogens with zero attached hydrogens (tertiary/aromatic N) is 3. The summed E-state index contributed by atoms with van der Waals surface area (Å²) in [5.74, 6) is 1.17. The number of non-ortho nitro benzene ring substituents is 1. The number of aromatic amines is 1. The fourth-order valence-corrected chi connectivity index (χ4v) is 3.42. The predicted octanol–water partition coefficient (Wildman–Crippen LogP) is 4.90. The molecule has 3 rings (SSSR count). The van der Waals surface area contributed by atoms with Crippen molar-refractivity contribution in [3.8, 4) is 17.1 Å². The number of nitrogens with one attached hydrogen (secondary N) is 1. The smallest absolute Gasteiger partial charge is 0.269 e. The molecule has 0 saturated carbocycles. The molecule has 9 heteroatoms. The van der Waals surface area contributed by atoms with E-state index in [0.29, 0.717) is 27.3 Å². The number of hydrogen-bond acceptors (Lipinski definition) is 6. The van der Waals surface area contributed by atoms with Gasteiger partial charge in [0.1, 0.15) is 5.75 Å². The Hall–Kier alpha value is -2.58. The molecule has 0 bridgehead atoms. The number of rotatable bonds is 6. The van der Waals surface area contributed by atoms with Gasteiger partial charge in [0.05, 0.1) is 17.6 Å². The molecule has 0 aliphatic heterocycles. The van der Waals surface area contributed by atoms with E-state index in [-0.39, 0.29) is 10.9 Å². The van der Waals surface area contributed by atoms with Crippen LogP contribution in [0.5, 0.6) is 5.75 Å². The quantitative estimate of drug-likeness (QED) is 0.365. The maximum absolute atomic E-state index is 10.9. The molecular formula is C17H15ClN4O3S. The Morgan fingerprint density at radius 3 is 2.85 bits per heavy atom. The van der Waals surface area contributed by atoms with Crippen LogP contribution in [-0.4, -0.2) is 27.2 Å². The zero-order valence-corrected chi connectivity index (χ0v) is 15.5. The van der Waals surface area contributed by atoms with Crippen molar-refractivity contribution in [3.05, 3.63) is 63.2 Å². The normalized spacial score (nSPS) is 12.0. The van der Waals surface area contributed by atoms with Gasteiger partial charge in [-0.05, 0) is 30.7 Å². The molecule has 0 radical (unpaired) electrons. The van der Waals surface area contributed by atoms with Crippen LogP contribution < -0.4 is 4.74 Å². The van der Waals surface area contributed by atoms with E-state index in [0.717, 1.165) is 5.56 Å². The van der Waals surface area contributed by atoms with E-state index in [2.05, 4.69) is 15.2 Å². The zero-order valence-electron chi connectivity index (χ0n) is 14.0. The number of nitro benzene ring substituents is 1. The van der Waals surface area contributed by atoms with E-state index in [4.69, 9.17) is 16.3 Å². The van der Waals surface area contributed by atoms with Gasteiger partial charge in [0, 0.05) is 22.4 Å². The summed E-state index contributed by atoms with van der Waals surface area (Å²) in [4.78, 5) is 15.0. The fraction of sp³-hybridized carbons (Fsp3) is 0.176. The van der Waals surface area contributed by atoms with E-state index in [1.807, 2.05) is 13.0 Å². The lowest BCUT2D eigenvalue weighted by Gasteiger charge is -2.08. The minimum atomic E-state index is -0.406. The van der Waals surface area contributed by atoms with Crippen molar-refractivity contribution < 1.29 is 9.66 Å². The molecule has 0 fully saturated rings. The first-order valence-corrected chi connectivity index (χ1v) is 8.91. The van der Waals surface area contributed by atoms with E-state index in [9.17, 15) is 10.1 Å². The topological polar surface area (TPSA) is 93.9 Å². The van der Waals surface area contributed by atoms with Crippen molar-refractivity contribution in [1.29, 1.82) is 0 Å². The maximum atomic E-state index is 10.9. The lowest BCUT2D eigenvalue weighted by Crippen LogP contribution is -1.93. The van der Waals surface area contributed by atoms with Gasteiger partial charge >= 0.3 is 0 Å². The van der Waals surface area contributed by atoms with Gasteiger partial charge in [-0.3, -0.25) is 15.2 Å². The molecule has 0 amide bonds. The Morgan fingerprint density at radius 2 is 2.12 bits per heavy atom. The summed E-state index contributed by atoms with van der Waals surface area (Å²) in [5, 5.41) is 19.1. The second kappa shape index (κ2) is 7.76. The lowest BCUT2D eigenvalue weighted by molar-refractivity contribution is -0.384. The molecule has 2 aromatic carbocycles. The molecule has 7 nitrogen and oxygen atoms in total. The van der Waals surface area contributed by atoms with Crippen molar-refractivity contribution in [2.45, 2.75) is 17.3 Å². The summed E-state index contributed by atoms with van der Waals surface area (Å²) in [6.45, 7) is 1.94. The largest absolute Gasteiger partial charge is 0.496 e. The zero-order chi connectivity index (χ0) is 18.7. The molecule has 1 heterocycles. The predicted molar refractivity (Wildman–Crippen MR) is 101 cm³/mol. The van der Waals surface area contributed by atoms with E-state index in [1.54, 1.807) is 37.4 Å². The molecule has 0 spiro atoms. The van der Waals surface area contributed by atoms with E-state index < -0.39 is 4.92 Å². The molecule has 1 atom stereocenters. The molecule has 3 aromatic rings. The Balaban J connectivity index is 1.82. The molecule has 26 heavy (non-hydrogen) atoms. The van der Waals surface area contributed by atoms with Crippen molar-refractivity contribution in [2.75, 3.05) is 7.11 Å². The molecule has 1 aromatic heterocycles. The third kappa shape index (κ3) is 3.97. The Labute approximate surface area is 158 Å². The summed E-state index contributed by atoms with van der Waals surface area (Å²) in [6.07, 6.45) is 0. The van der Waals surface area contributed by atoms with Gasteiger partial charge in [-0.2, -0.15) is 0 Å². The maximum Gasteiger partial charge on any atom is 0.269 e. The summed E-state index contributed by atoms with van der Waals surface area (Å²) >= 11 is 7.46. The van der Waals surface area contributed by atoms with E-state index >= 15 is 0 Å². The van der Waals surface area contributed by atoms with Crippen molar-refractivity contribution in [2.24, 2.45) is 0 Å². The molecule has 0 unspecified atom stereocenters. The molecule has 1 N–H and O–H groups in total. The van der Waals surface area contributed by atoms with Crippen LogP contribution in [0.2, 0.25) is 5.02 Å². The highest BCUT2D eigenvalue weighted by Gasteiger charge is 2.16. The molecule has 134 valence electrons. The van der Waals surface area contributed by atoms with Crippen molar-refractivity contribution in [1.82, 2.24) is 15.2 Å². The summed E-state index contributed by atoms with van der Waals surface area (Å²) in [7, 11) is 1.57. The Morgan fingerprint density at radius 1 is 1.31 bits per heavy atom. The number of aromatic nitrogens is 3. The van der Waals surface area contributed by atoms with Crippen LogP contribution >= 0.6 is 23.4 Å².